The van der Waals surface area contributed by atoms with E-state index < -0.39 is 109 Å². The second-order valence-electron chi connectivity index (χ2n) is 10.5. The molecule has 0 amide bonds. The van der Waals surface area contributed by atoms with Crippen LogP contribution in [-0.4, -0.2) is 131 Å². The molecule has 3 aliphatic heterocycles. The number of ketones is 1. The molecule has 5 rings (SSSR count). The van der Waals surface area contributed by atoms with Crippen LogP contribution in [0.1, 0.15) is 28.9 Å². The lowest BCUT2D eigenvalue weighted by molar-refractivity contribution is -0.360. The zero-order valence-corrected chi connectivity index (χ0v) is 22.4. The fourth-order valence-electron chi connectivity index (χ4n) is 5.25. The zero-order chi connectivity index (χ0) is 31.3. The molecule has 0 unspecified atom stereocenters. The van der Waals surface area contributed by atoms with Crippen LogP contribution in [0.3, 0.4) is 0 Å². The van der Waals surface area contributed by atoms with Gasteiger partial charge in [0.05, 0.1) is 12.7 Å². The summed E-state index contributed by atoms with van der Waals surface area (Å²) >= 11 is 0. The highest BCUT2D eigenvalue weighted by atomic mass is 16.7. The van der Waals surface area contributed by atoms with E-state index in [-0.39, 0.29) is 16.9 Å². The molecule has 2 saturated heterocycles. The van der Waals surface area contributed by atoms with Crippen LogP contribution in [0, 0.1) is 0 Å². The van der Waals surface area contributed by atoms with E-state index in [2.05, 4.69) is 0 Å². The molecule has 3 aliphatic rings. The summed E-state index contributed by atoms with van der Waals surface area (Å²) in [6.07, 6.45) is -19.5. The van der Waals surface area contributed by atoms with Crippen LogP contribution in [0.4, 0.5) is 0 Å². The standard InChI is InChI=1S/C27H32O16/c1-8-17(33)24(42-26-21(37)20(36)18(34)15(7-28)41-26)22(38)27(39-8)43-25-19(35)16-13(32)5-10(29)6-14(16)40-23(25)9-2-3-11(30)12(31)4-9/h2-6,8,15,17-18,20-34,36-38H,7H2,1H3/t8-,15+,17-,18+,20-,21+,22+,23+,24+,25-,26-,27-/m0/s1. The van der Waals surface area contributed by atoms with E-state index in [4.69, 9.17) is 23.7 Å². The molecule has 43 heavy (non-hydrogen) atoms. The van der Waals surface area contributed by atoms with E-state index in [0.717, 1.165) is 24.3 Å². The first-order valence-corrected chi connectivity index (χ1v) is 13.2. The van der Waals surface area contributed by atoms with Crippen molar-refractivity contribution in [3.05, 3.63) is 41.5 Å². The van der Waals surface area contributed by atoms with Gasteiger partial charge in [0.1, 0.15) is 65.5 Å². The van der Waals surface area contributed by atoms with Crippen molar-refractivity contribution < 1.29 is 79.5 Å². The number of phenolic OH excluding ortho intramolecular Hbond substituents is 4. The molecule has 16 nitrogen and oxygen atoms in total. The predicted octanol–water partition coefficient (Wildman–Crippen LogP) is -2.14. The van der Waals surface area contributed by atoms with Gasteiger partial charge < -0.3 is 74.7 Å². The smallest absolute Gasteiger partial charge is 0.203 e. The quantitative estimate of drug-likeness (QED) is 0.156. The average Bonchev–Trinajstić information content (AvgIpc) is 2.96. The zero-order valence-electron chi connectivity index (χ0n) is 22.4. The lowest BCUT2D eigenvalue weighted by Crippen LogP contribution is -2.64. The summed E-state index contributed by atoms with van der Waals surface area (Å²) in [5, 5.41) is 102. The highest BCUT2D eigenvalue weighted by Gasteiger charge is 2.52. The predicted molar refractivity (Wildman–Crippen MR) is 137 cm³/mol. The number of hydrogen-bond acceptors (Lipinski definition) is 16. The van der Waals surface area contributed by atoms with Crippen molar-refractivity contribution in [2.45, 2.75) is 80.5 Å². The van der Waals surface area contributed by atoms with Crippen LogP contribution in [-0.2, 0) is 18.9 Å². The van der Waals surface area contributed by atoms with Crippen molar-refractivity contribution >= 4 is 5.78 Å². The van der Waals surface area contributed by atoms with Gasteiger partial charge >= 0.3 is 0 Å². The minimum absolute atomic E-state index is 0.106. The van der Waals surface area contributed by atoms with Gasteiger partial charge in [-0.1, -0.05) is 6.07 Å². The number of aromatic hydroxyl groups is 4. The Labute approximate surface area is 243 Å². The number of hydrogen-bond donors (Lipinski definition) is 10. The van der Waals surface area contributed by atoms with Crippen molar-refractivity contribution in [3.8, 4) is 28.7 Å². The molecule has 16 heteroatoms. The first kappa shape index (κ1) is 31.1. The van der Waals surface area contributed by atoms with Crippen LogP contribution in [0.2, 0.25) is 0 Å². The summed E-state index contributed by atoms with van der Waals surface area (Å²) < 4.78 is 28.3. The number of phenols is 4. The van der Waals surface area contributed by atoms with Crippen LogP contribution in [0.15, 0.2) is 30.3 Å². The Hall–Kier alpha value is -3.29. The Kier molecular flexibility index (Phi) is 8.70. The maximum absolute atomic E-state index is 13.7. The number of carbonyl (C=O) groups is 1. The van der Waals surface area contributed by atoms with Crippen molar-refractivity contribution in [1.82, 2.24) is 0 Å². The second kappa shape index (κ2) is 12.0. The van der Waals surface area contributed by atoms with Crippen molar-refractivity contribution in [3.63, 3.8) is 0 Å². The van der Waals surface area contributed by atoms with Gasteiger partial charge in [0.25, 0.3) is 0 Å². The molecule has 0 radical (unpaired) electrons. The van der Waals surface area contributed by atoms with Gasteiger partial charge in [-0.15, -0.1) is 0 Å². The van der Waals surface area contributed by atoms with Gasteiger partial charge in [0.2, 0.25) is 5.78 Å². The Morgan fingerprint density at radius 3 is 2.14 bits per heavy atom. The normalized spacial score (nSPS) is 37.9. The Balaban J connectivity index is 1.45. The molecule has 0 saturated carbocycles. The highest BCUT2D eigenvalue weighted by molar-refractivity contribution is 6.05. The highest BCUT2D eigenvalue weighted by Crippen LogP contribution is 2.44. The number of carbonyl (C=O) groups excluding carboxylic acids is 1. The third-order valence-corrected chi connectivity index (χ3v) is 7.63. The summed E-state index contributed by atoms with van der Waals surface area (Å²) in [5.74, 6) is -3.19. The molecule has 0 spiro atoms. The summed E-state index contributed by atoms with van der Waals surface area (Å²) in [7, 11) is 0. The third-order valence-electron chi connectivity index (χ3n) is 7.63. The average molecular weight is 613 g/mol. The Morgan fingerprint density at radius 2 is 1.47 bits per heavy atom. The number of ether oxygens (including phenoxy) is 5. The monoisotopic (exact) mass is 612 g/mol. The largest absolute Gasteiger partial charge is 0.508 e. The molecule has 12 atom stereocenters. The van der Waals surface area contributed by atoms with E-state index in [1.54, 1.807) is 0 Å². The van der Waals surface area contributed by atoms with Gasteiger partial charge in [-0.3, -0.25) is 4.79 Å². The third kappa shape index (κ3) is 5.69. The number of benzene rings is 2. The van der Waals surface area contributed by atoms with E-state index in [1.165, 1.54) is 13.0 Å². The topological polar surface area (TPSA) is 266 Å². The summed E-state index contributed by atoms with van der Waals surface area (Å²) in [4.78, 5) is 13.7. The van der Waals surface area contributed by atoms with Crippen molar-refractivity contribution in [1.29, 1.82) is 0 Å². The fraction of sp³-hybridized carbons (Fsp3) is 0.519. The summed E-state index contributed by atoms with van der Waals surface area (Å²) in [5.41, 5.74) is -0.260. The molecule has 10 N–H and O–H groups in total. The number of aliphatic hydroxyl groups excluding tert-OH is 6. The fourth-order valence-corrected chi connectivity index (χ4v) is 5.25. The Bertz CT molecular complexity index is 1330. The molecule has 0 bridgehead atoms. The van der Waals surface area contributed by atoms with Crippen molar-refractivity contribution in [2.24, 2.45) is 0 Å². The van der Waals surface area contributed by atoms with E-state index in [9.17, 15) is 55.9 Å². The molecule has 0 aromatic heterocycles. The lowest BCUT2D eigenvalue weighted by Gasteiger charge is -2.46. The minimum Gasteiger partial charge on any atom is -0.508 e. The molecule has 2 aromatic rings. The lowest BCUT2D eigenvalue weighted by atomic mass is 9.92. The van der Waals surface area contributed by atoms with Gasteiger partial charge in [-0.2, -0.15) is 0 Å². The maximum Gasteiger partial charge on any atom is 0.203 e. The van der Waals surface area contributed by atoms with Gasteiger partial charge in [-0.05, 0) is 24.6 Å². The summed E-state index contributed by atoms with van der Waals surface area (Å²) in [6, 6.07) is 5.50. The molecule has 2 aromatic carbocycles. The number of Topliss-reactive ketones (excluding diaryl/α,β-unsaturated/α-hetero) is 1. The second-order valence-corrected chi connectivity index (χ2v) is 10.5. The number of rotatable bonds is 6. The van der Waals surface area contributed by atoms with Crippen molar-refractivity contribution in [2.75, 3.05) is 6.61 Å². The first-order valence-electron chi connectivity index (χ1n) is 13.2. The van der Waals surface area contributed by atoms with Crippen LogP contribution in [0.25, 0.3) is 0 Å². The summed E-state index contributed by atoms with van der Waals surface area (Å²) in [6.45, 7) is 0.630. The minimum atomic E-state index is -1.89. The SMILES string of the molecule is C[C@@H]1O[C@@H](O[C@H]2C(=O)c3c(O)cc(O)cc3O[C@@H]2c2ccc(O)c(O)c2)[C@H](O)[C@H](O[C@@H]2O[C@H](CO)[C@@H](O)[C@H](O)[C@H]2O)[C@H]1O. The van der Waals surface area contributed by atoms with Gasteiger partial charge in [0, 0.05) is 12.1 Å². The van der Waals surface area contributed by atoms with E-state index in [1.807, 2.05) is 0 Å². The number of fused-ring (bicyclic) bond motifs is 1. The first-order chi connectivity index (χ1) is 20.3. The molecule has 0 aliphatic carbocycles. The molecule has 236 valence electrons. The van der Waals surface area contributed by atoms with Crippen LogP contribution in [0.5, 0.6) is 28.7 Å². The van der Waals surface area contributed by atoms with Crippen LogP contribution < -0.4 is 4.74 Å². The Morgan fingerprint density at radius 1 is 0.767 bits per heavy atom. The number of aliphatic hydroxyl groups is 6. The van der Waals surface area contributed by atoms with Gasteiger partial charge in [0.15, 0.2) is 36.3 Å². The molecular weight excluding hydrogens is 580 g/mol. The maximum atomic E-state index is 13.7. The van der Waals surface area contributed by atoms with Crippen LogP contribution >= 0.6 is 0 Å². The van der Waals surface area contributed by atoms with Gasteiger partial charge in [-0.25, -0.2) is 0 Å². The molecule has 3 heterocycles. The molecular formula is C27H32O16. The van der Waals surface area contributed by atoms with E-state index in [0.29, 0.717) is 0 Å². The molecule has 2 fully saturated rings. The van der Waals surface area contributed by atoms with E-state index >= 15 is 0 Å².